The SMILES string of the molecule is CC(=N)/C(Nc1cnccc1C(=O)O)=C(\C)c1ccccc1. The summed E-state index contributed by atoms with van der Waals surface area (Å²) < 4.78 is 0. The van der Waals surface area contributed by atoms with Crippen molar-refractivity contribution < 1.29 is 9.90 Å². The summed E-state index contributed by atoms with van der Waals surface area (Å²) in [5.41, 5.74) is 3.22. The van der Waals surface area contributed by atoms with Crippen molar-refractivity contribution in [1.82, 2.24) is 4.98 Å². The van der Waals surface area contributed by atoms with Crippen molar-refractivity contribution in [2.45, 2.75) is 13.8 Å². The van der Waals surface area contributed by atoms with Crippen LogP contribution >= 0.6 is 0 Å². The number of allylic oxidation sites excluding steroid dienone is 2. The van der Waals surface area contributed by atoms with Gasteiger partial charge in [0.2, 0.25) is 0 Å². The third kappa shape index (κ3) is 3.38. The van der Waals surface area contributed by atoms with Gasteiger partial charge in [-0.2, -0.15) is 0 Å². The zero-order chi connectivity index (χ0) is 16.1. The lowest BCUT2D eigenvalue weighted by atomic mass is 10.0. The lowest BCUT2D eigenvalue weighted by Gasteiger charge is -2.15. The number of carboxylic acid groups (broad SMARTS) is 1. The van der Waals surface area contributed by atoms with Gasteiger partial charge in [-0.3, -0.25) is 4.98 Å². The number of anilines is 1. The third-order valence-corrected chi connectivity index (χ3v) is 3.27. The van der Waals surface area contributed by atoms with Crippen molar-refractivity contribution in [3.05, 3.63) is 65.6 Å². The van der Waals surface area contributed by atoms with Crippen LogP contribution in [-0.2, 0) is 0 Å². The topological polar surface area (TPSA) is 86.1 Å². The summed E-state index contributed by atoms with van der Waals surface area (Å²) in [4.78, 5) is 15.2. The van der Waals surface area contributed by atoms with Crippen molar-refractivity contribution in [2.75, 3.05) is 5.32 Å². The minimum Gasteiger partial charge on any atom is -0.478 e. The van der Waals surface area contributed by atoms with Gasteiger partial charge in [0.05, 0.1) is 28.9 Å². The van der Waals surface area contributed by atoms with E-state index < -0.39 is 5.97 Å². The van der Waals surface area contributed by atoms with Crippen LogP contribution in [0.5, 0.6) is 0 Å². The van der Waals surface area contributed by atoms with Crippen molar-refractivity contribution >= 4 is 22.9 Å². The highest BCUT2D eigenvalue weighted by Crippen LogP contribution is 2.22. The fourth-order valence-corrected chi connectivity index (χ4v) is 2.12. The van der Waals surface area contributed by atoms with Gasteiger partial charge in [0.25, 0.3) is 0 Å². The Kier molecular flexibility index (Phi) is 4.68. The molecule has 1 aromatic heterocycles. The monoisotopic (exact) mass is 295 g/mol. The molecule has 0 fully saturated rings. The van der Waals surface area contributed by atoms with Gasteiger partial charge in [0.1, 0.15) is 0 Å². The summed E-state index contributed by atoms with van der Waals surface area (Å²) in [6.07, 6.45) is 2.88. The highest BCUT2D eigenvalue weighted by Gasteiger charge is 2.13. The maximum Gasteiger partial charge on any atom is 0.337 e. The van der Waals surface area contributed by atoms with E-state index in [0.717, 1.165) is 11.1 Å². The van der Waals surface area contributed by atoms with Gasteiger partial charge in [0, 0.05) is 6.20 Å². The fraction of sp³-hybridized carbons (Fsp3) is 0.118. The van der Waals surface area contributed by atoms with Gasteiger partial charge in [-0.15, -0.1) is 0 Å². The summed E-state index contributed by atoms with van der Waals surface area (Å²) >= 11 is 0. The Hall–Kier alpha value is -2.95. The molecule has 0 atom stereocenters. The maximum atomic E-state index is 11.3. The minimum absolute atomic E-state index is 0.120. The van der Waals surface area contributed by atoms with Gasteiger partial charge < -0.3 is 15.8 Å². The van der Waals surface area contributed by atoms with Crippen molar-refractivity contribution in [1.29, 1.82) is 5.41 Å². The summed E-state index contributed by atoms with van der Waals surface area (Å²) in [6, 6.07) is 11.1. The molecule has 2 aromatic rings. The second-order valence-electron chi connectivity index (χ2n) is 4.84. The van der Waals surface area contributed by atoms with Gasteiger partial charge in [-0.05, 0) is 31.1 Å². The summed E-state index contributed by atoms with van der Waals surface area (Å²) in [7, 11) is 0. The van der Waals surface area contributed by atoms with E-state index in [1.807, 2.05) is 37.3 Å². The van der Waals surface area contributed by atoms with E-state index >= 15 is 0 Å². The van der Waals surface area contributed by atoms with Gasteiger partial charge >= 0.3 is 5.97 Å². The molecule has 0 bridgehead atoms. The Bertz CT molecular complexity index is 737. The van der Waals surface area contributed by atoms with Gasteiger partial charge in [-0.25, -0.2) is 4.79 Å². The highest BCUT2D eigenvalue weighted by molar-refractivity contribution is 6.06. The third-order valence-electron chi connectivity index (χ3n) is 3.27. The van der Waals surface area contributed by atoms with Crippen LogP contribution in [0, 0.1) is 5.41 Å². The van der Waals surface area contributed by atoms with Crippen LogP contribution in [0.1, 0.15) is 29.8 Å². The normalized spacial score (nSPS) is 11.5. The van der Waals surface area contributed by atoms with E-state index in [2.05, 4.69) is 10.3 Å². The lowest BCUT2D eigenvalue weighted by Crippen LogP contribution is -2.13. The molecule has 1 aromatic carbocycles. The molecule has 0 saturated carbocycles. The van der Waals surface area contributed by atoms with Gasteiger partial charge in [0.15, 0.2) is 0 Å². The Morgan fingerprint density at radius 3 is 2.45 bits per heavy atom. The van der Waals surface area contributed by atoms with E-state index in [1.165, 1.54) is 18.5 Å². The summed E-state index contributed by atoms with van der Waals surface area (Å²) in [5, 5.41) is 20.2. The Labute approximate surface area is 128 Å². The van der Waals surface area contributed by atoms with Crippen LogP contribution in [0.4, 0.5) is 5.69 Å². The van der Waals surface area contributed by atoms with Crippen LogP contribution in [0.2, 0.25) is 0 Å². The first-order valence-electron chi connectivity index (χ1n) is 6.77. The quantitative estimate of drug-likeness (QED) is 0.735. The predicted octanol–water partition coefficient (Wildman–Crippen LogP) is 3.66. The number of nitrogens with one attached hydrogen (secondary N) is 2. The molecule has 0 aliphatic rings. The molecular weight excluding hydrogens is 278 g/mol. The number of pyridine rings is 1. The molecule has 0 unspecified atom stereocenters. The molecule has 2 rings (SSSR count). The smallest absolute Gasteiger partial charge is 0.337 e. The molecule has 0 spiro atoms. The first-order chi connectivity index (χ1) is 10.5. The van der Waals surface area contributed by atoms with E-state index in [1.54, 1.807) is 6.92 Å². The van der Waals surface area contributed by atoms with Crippen molar-refractivity contribution in [3.63, 3.8) is 0 Å². The number of aromatic carboxylic acids is 1. The maximum absolute atomic E-state index is 11.3. The summed E-state index contributed by atoms with van der Waals surface area (Å²) in [6.45, 7) is 3.55. The second-order valence-corrected chi connectivity index (χ2v) is 4.84. The number of hydrogen-bond donors (Lipinski definition) is 3. The molecule has 22 heavy (non-hydrogen) atoms. The fourth-order valence-electron chi connectivity index (χ4n) is 2.12. The number of aromatic nitrogens is 1. The second kappa shape index (κ2) is 6.67. The molecular formula is C17H17N3O2. The van der Waals surface area contributed by atoms with Crippen molar-refractivity contribution in [3.8, 4) is 0 Å². The van der Waals surface area contributed by atoms with E-state index in [9.17, 15) is 9.90 Å². The molecule has 0 saturated heterocycles. The van der Waals surface area contributed by atoms with Crippen LogP contribution in [0.25, 0.3) is 5.57 Å². The zero-order valence-electron chi connectivity index (χ0n) is 12.4. The largest absolute Gasteiger partial charge is 0.478 e. The van der Waals surface area contributed by atoms with E-state index in [4.69, 9.17) is 5.41 Å². The first kappa shape index (κ1) is 15.4. The molecule has 0 aliphatic heterocycles. The van der Waals surface area contributed by atoms with Crippen LogP contribution < -0.4 is 5.32 Å². The molecule has 5 nitrogen and oxygen atoms in total. The average molecular weight is 295 g/mol. The molecule has 0 amide bonds. The average Bonchev–Trinajstić information content (AvgIpc) is 2.52. The molecule has 112 valence electrons. The molecule has 5 heteroatoms. The molecule has 0 aliphatic carbocycles. The highest BCUT2D eigenvalue weighted by atomic mass is 16.4. The molecule has 0 radical (unpaired) electrons. The molecule has 3 N–H and O–H groups in total. The van der Waals surface area contributed by atoms with E-state index in [0.29, 0.717) is 17.1 Å². The lowest BCUT2D eigenvalue weighted by molar-refractivity contribution is 0.0698. The standard InChI is InChI=1S/C17H17N3O2/c1-11(13-6-4-3-5-7-13)16(12(2)18)20-15-10-19-9-8-14(15)17(21)22/h3-10,18,20H,1-2H3,(H,21,22)/b16-11-,18-12?. The minimum atomic E-state index is -1.04. The summed E-state index contributed by atoms with van der Waals surface area (Å²) in [5.74, 6) is -1.04. The number of hydrogen-bond acceptors (Lipinski definition) is 4. The Morgan fingerprint density at radius 2 is 1.86 bits per heavy atom. The van der Waals surface area contributed by atoms with Crippen LogP contribution in [0.3, 0.4) is 0 Å². The van der Waals surface area contributed by atoms with Crippen LogP contribution in [-0.4, -0.2) is 21.8 Å². The number of nitrogens with zero attached hydrogens (tertiary/aromatic N) is 1. The molecule has 1 heterocycles. The predicted molar refractivity (Wildman–Crippen MR) is 87.3 cm³/mol. The van der Waals surface area contributed by atoms with Crippen molar-refractivity contribution in [2.24, 2.45) is 0 Å². The number of benzene rings is 1. The Morgan fingerprint density at radius 1 is 1.18 bits per heavy atom. The number of carboxylic acids is 1. The number of carbonyl (C=O) groups is 1. The van der Waals surface area contributed by atoms with Gasteiger partial charge in [-0.1, -0.05) is 30.3 Å². The van der Waals surface area contributed by atoms with E-state index in [-0.39, 0.29) is 5.56 Å². The first-order valence-corrected chi connectivity index (χ1v) is 6.77. The Balaban J connectivity index is 2.47. The number of rotatable bonds is 5. The zero-order valence-corrected chi connectivity index (χ0v) is 12.4. The van der Waals surface area contributed by atoms with Crippen LogP contribution in [0.15, 0.2) is 54.5 Å².